The molecular formula is C32H21F7N6O3. The number of benzene rings is 3. The van der Waals surface area contributed by atoms with Crippen LogP contribution in [0.15, 0.2) is 69.5 Å². The smallest absolute Gasteiger partial charge is 0.264 e. The van der Waals surface area contributed by atoms with E-state index in [-0.39, 0.29) is 10.8 Å². The highest BCUT2D eigenvalue weighted by Gasteiger charge is 2.57. The number of allylic oxidation sites excluding steroid dienone is 1. The molecule has 0 spiro atoms. The molecule has 3 aliphatic heterocycles. The van der Waals surface area contributed by atoms with Crippen molar-refractivity contribution in [2.24, 2.45) is 21.4 Å². The van der Waals surface area contributed by atoms with Gasteiger partial charge in [-0.05, 0) is 66.3 Å². The highest BCUT2D eigenvalue weighted by atomic mass is 19.2. The van der Waals surface area contributed by atoms with Gasteiger partial charge in [0.25, 0.3) is 17.7 Å². The van der Waals surface area contributed by atoms with Crippen molar-refractivity contribution in [3.05, 3.63) is 106 Å². The number of hydrazone groups is 1. The zero-order valence-electron chi connectivity index (χ0n) is 24.4. The number of halogens is 7. The molecule has 0 N–H and O–H groups in total. The van der Waals surface area contributed by atoms with E-state index in [1.54, 1.807) is 12.1 Å². The van der Waals surface area contributed by atoms with Crippen molar-refractivity contribution in [3.63, 3.8) is 0 Å². The quantitative estimate of drug-likeness (QED) is 0.149. The highest BCUT2D eigenvalue weighted by molar-refractivity contribution is 6.25. The molecule has 1 saturated heterocycles. The first-order valence-electron chi connectivity index (χ1n) is 14.7. The van der Waals surface area contributed by atoms with Gasteiger partial charge < -0.3 is 0 Å². The van der Waals surface area contributed by atoms with Gasteiger partial charge in [-0.1, -0.05) is 29.5 Å². The monoisotopic (exact) mass is 670 g/mol. The molecule has 0 aromatic heterocycles. The minimum absolute atomic E-state index is 0.181. The van der Waals surface area contributed by atoms with Crippen LogP contribution in [0.5, 0.6) is 0 Å². The molecule has 4 aliphatic rings. The van der Waals surface area contributed by atoms with E-state index >= 15 is 0 Å². The third kappa shape index (κ3) is 4.93. The second kappa shape index (κ2) is 11.7. The summed E-state index contributed by atoms with van der Waals surface area (Å²) in [7, 11) is 0. The first-order chi connectivity index (χ1) is 23.0. The lowest BCUT2D eigenvalue weighted by atomic mass is 9.77. The van der Waals surface area contributed by atoms with Crippen LogP contribution >= 0.6 is 0 Å². The summed E-state index contributed by atoms with van der Waals surface area (Å²) in [6.45, 7) is -0.729. The third-order valence-electron chi connectivity index (χ3n) is 8.74. The molecule has 246 valence electrons. The predicted octanol–water partition coefficient (Wildman–Crippen LogP) is 5.78. The van der Waals surface area contributed by atoms with Crippen LogP contribution in [0.25, 0.3) is 6.08 Å². The van der Waals surface area contributed by atoms with Crippen LogP contribution in [0.1, 0.15) is 36.4 Å². The number of rotatable bonds is 5. The fourth-order valence-electron chi connectivity index (χ4n) is 6.54. The number of fused-ring (bicyclic) bond motifs is 2. The molecule has 1 aliphatic carbocycles. The number of anilines is 1. The van der Waals surface area contributed by atoms with Crippen LogP contribution < -0.4 is 4.90 Å². The topological polar surface area (TPSA) is 98.0 Å². The lowest BCUT2D eigenvalue weighted by Gasteiger charge is -2.30. The van der Waals surface area contributed by atoms with Gasteiger partial charge in [0.15, 0.2) is 35.4 Å². The van der Waals surface area contributed by atoms with Gasteiger partial charge in [-0.15, -0.1) is 0 Å². The number of hydrogen-bond acceptors (Lipinski definition) is 7. The Labute approximate surface area is 266 Å². The summed E-state index contributed by atoms with van der Waals surface area (Å²) in [6, 6.07) is 7.06. The molecule has 9 nitrogen and oxygen atoms in total. The number of amides is 3. The maximum absolute atomic E-state index is 14.6. The summed E-state index contributed by atoms with van der Waals surface area (Å²) in [6.07, 6.45) is 3.74. The standard InChI is InChI=1S/C32H21F7N6O3/c33-17-8-4-14(5-9-17)12-16-2-1-3-19-26(16)41-45(28(19)15-6-10-18(34)11-7-15)20(46)13-43-30-27(40-42-43)31(47)44(32(30)48)29-24(38)22(36)21(35)23(37)25(29)39/h4-12,19,27-28,30H,1-3,13H2/b16-12+/t19-,27+,28+,30-/m1/s1. The molecule has 0 bridgehead atoms. The Kier molecular flexibility index (Phi) is 7.59. The second-order valence-corrected chi connectivity index (χ2v) is 11.6. The molecule has 16 heteroatoms. The average Bonchev–Trinajstić information content (AvgIpc) is 3.74. The van der Waals surface area contributed by atoms with Gasteiger partial charge in [0.2, 0.25) is 5.82 Å². The molecule has 1 saturated carbocycles. The van der Waals surface area contributed by atoms with Crippen LogP contribution in [0, 0.1) is 46.6 Å². The molecule has 7 rings (SSSR count). The Morgan fingerprint density at radius 1 is 0.792 bits per heavy atom. The van der Waals surface area contributed by atoms with E-state index in [1.807, 2.05) is 6.08 Å². The van der Waals surface area contributed by atoms with Crippen LogP contribution in [0.4, 0.5) is 36.4 Å². The number of nitrogens with zero attached hydrogens (tertiary/aromatic N) is 6. The van der Waals surface area contributed by atoms with E-state index in [9.17, 15) is 45.1 Å². The molecule has 4 atom stereocenters. The SMILES string of the molecule is O=C1[C@H]2N=NN(CC(=O)N3N=C4/C(=C/c5ccc(F)cc5)CCC[C@H]4[C@@H]3c3ccc(F)cc3)[C@H]2C(=O)N1c1c(F)c(F)c(F)c(F)c1F. The molecular weight excluding hydrogens is 649 g/mol. The molecule has 48 heavy (non-hydrogen) atoms. The molecule has 3 heterocycles. The van der Waals surface area contributed by atoms with Gasteiger partial charge in [0.1, 0.15) is 23.9 Å². The molecule has 3 aromatic rings. The summed E-state index contributed by atoms with van der Waals surface area (Å²) >= 11 is 0. The molecule has 3 amide bonds. The number of hydrogen-bond donors (Lipinski definition) is 0. The van der Waals surface area contributed by atoms with E-state index < -0.39 is 88.8 Å². The zero-order chi connectivity index (χ0) is 34.0. The summed E-state index contributed by atoms with van der Waals surface area (Å²) in [5, 5.41) is 14.0. The first-order valence-corrected chi connectivity index (χ1v) is 14.7. The lowest BCUT2D eigenvalue weighted by molar-refractivity contribution is -0.136. The van der Waals surface area contributed by atoms with Crippen molar-refractivity contribution in [2.75, 3.05) is 11.4 Å². The zero-order valence-corrected chi connectivity index (χ0v) is 24.4. The van der Waals surface area contributed by atoms with Crippen molar-refractivity contribution in [3.8, 4) is 0 Å². The maximum atomic E-state index is 14.6. The predicted molar refractivity (Wildman–Crippen MR) is 153 cm³/mol. The number of imide groups is 1. The normalized spacial score (nSPS) is 24.1. The van der Waals surface area contributed by atoms with Gasteiger partial charge in [-0.25, -0.2) is 40.6 Å². The Morgan fingerprint density at radius 3 is 2.04 bits per heavy atom. The molecule has 2 fully saturated rings. The summed E-state index contributed by atoms with van der Waals surface area (Å²) < 4.78 is 98.1. The van der Waals surface area contributed by atoms with Gasteiger partial charge in [0.05, 0.1) is 11.8 Å². The summed E-state index contributed by atoms with van der Waals surface area (Å²) in [5.41, 5.74) is 0.838. The van der Waals surface area contributed by atoms with Crippen LogP contribution in [0.2, 0.25) is 0 Å². The van der Waals surface area contributed by atoms with Gasteiger partial charge in [-0.3, -0.25) is 19.4 Å². The minimum Gasteiger partial charge on any atom is -0.271 e. The van der Waals surface area contributed by atoms with Crippen LogP contribution in [0.3, 0.4) is 0 Å². The van der Waals surface area contributed by atoms with Gasteiger partial charge in [0, 0.05) is 5.92 Å². The van der Waals surface area contributed by atoms with Crippen molar-refractivity contribution in [1.29, 1.82) is 0 Å². The van der Waals surface area contributed by atoms with E-state index in [1.165, 1.54) is 36.4 Å². The molecule has 0 radical (unpaired) electrons. The number of carbonyl (C=O) groups is 3. The second-order valence-electron chi connectivity index (χ2n) is 11.6. The maximum Gasteiger partial charge on any atom is 0.264 e. The molecule has 3 aromatic carbocycles. The fraction of sp³-hybridized carbons (Fsp3) is 0.250. The van der Waals surface area contributed by atoms with Crippen molar-refractivity contribution < 1.29 is 45.1 Å². The van der Waals surface area contributed by atoms with Crippen molar-refractivity contribution >= 4 is 35.2 Å². The Morgan fingerprint density at radius 2 is 1.40 bits per heavy atom. The Hall–Kier alpha value is -5.41. The van der Waals surface area contributed by atoms with E-state index in [0.717, 1.165) is 15.6 Å². The van der Waals surface area contributed by atoms with Crippen molar-refractivity contribution in [2.45, 2.75) is 37.4 Å². The summed E-state index contributed by atoms with van der Waals surface area (Å²) in [5.74, 6) is -16.8. The minimum atomic E-state index is -2.47. The van der Waals surface area contributed by atoms with Crippen molar-refractivity contribution in [1.82, 2.24) is 10.0 Å². The average molecular weight is 671 g/mol. The molecule has 0 unspecified atom stereocenters. The van der Waals surface area contributed by atoms with Crippen LogP contribution in [-0.4, -0.2) is 52.1 Å². The lowest BCUT2D eigenvalue weighted by Crippen LogP contribution is -2.45. The fourth-order valence-corrected chi connectivity index (χ4v) is 6.54. The largest absolute Gasteiger partial charge is 0.271 e. The third-order valence-corrected chi connectivity index (χ3v) is 8.74. The van der Waals surface area contributed by atoms with Gasteiger partial charge >= 0.3 is 0 Å². The van der Waals surface area contributed by atoms with Gasteiger partial charge in [-0.2, -0.15) is 10.2 Å². The summed E-state index contributed by atoms with van der Waals surface area (Å²) in [4.78, 5) is 40.1. The Bertz CT molecular complexity index is 1940. The first kappa shape index (κ1) is 31.2. The van der Waals surface area contributed by atoms with E-state index in [4.69, 9.17) is 0 Å². The van der Waals surface area contributed by atoms with Crippen LogP contribution in [-0.2, 0) is 14.4 Å². The number of carbonyl (C=O) groups excluding carboxylic acids is 3. The highest BCUT2D eigenvalue weighted by Crippen LogP contribution is 2.45. The van der Waals surface area contributed by atoms with E-state index in [0.29, 0.717) is 36.1 Å². The van der Waals surface area contributed by atoms with E-state index in [2.05, 4.69) is 15.4 Å². The Balaban J connectivity index is 1.20.